The minimum atomic E-state index is -0.966. The molecule has 2 amide bonds. The highest BCUT2D eigenvalue weighted by Crippen LogP contribution is 2.46. The average Bonchev–Trinajstić information content (AvgIpc) is 2.84. The molecule has 0 bridgehead atoms. The molecule has 2 aromatic rings. The number of methoxy groups -OCH3 is 1. The third-order valence-electron chi connectivity index (χ3n) is 7.27. The topological polar surface area (TPSA) is 87.7 Å². The summed E-state index contributed by atoms with van der Waals surface area (Å²) in [4.78, 5) is 38.4. The first kappa shape index (κ1) is 22.3. The Bertz CT molecular complexity index is 1190. The molecule has 0 radical (unpaired) electrons. The summed E-state index contributed by atoms with van der Waals surface area (Å²) in [5.41, 5.74) is 2.92. The van der Waals surface area contributed by atoms with Crippen LogP contribution < -0.4 is 15.0 Å². The molecule has 1 aromatic heterocycles. The predicted octanol–water partition coefficient (Wildman–Crippen LogP) is 2.77. The molecule has 8 nitrogen and oxygen atoms in total. The third-order valence-corrected chi connectivity index (χ3v) is 7.27. The van der Waals surface area contributed by atoms with Crippen molar-refractivity contribution in [1.29, 1.82) is 0 Å². The number of amides is 2. The standard InChI is InChI=1S/C25H28FN5O3/c1-15-14-30(22(32)16(2)26)11-12-31(15)21-20-19(27-24(29-21)34-3)13-25(23(33)28-20)10-6-8-17-7-4-5-9-18(17)25/h4-5,7,9,15H,2,6,8,10-14H2,1,3H3,(H,28,33)/t15-,25?/m0/s1. The summed E-state index contributed by atoms with van der Waals surface area (Å²) < 4.78 is 18.8. The van der Waals surface area contributed by atoms with Crippen molar-refractivity contribution in [3.05, 3.63) is 53.5 Å². The minimum Gasteiger partial charge on any atom is -0.467 e. The van der Waals surface area contributed by atoms with Crippen LogP contribution in [0.4, 0.5) is 15.9 Å². The Morgan fingerprint density at radius 3 is 2.82 bits per heavy atom. The number of nitrogens with one attached hydrogen (secondary N) is 1. The number of fused-ring (bicyclic) bond motifs is 3. The first-order valence-electron chi connectivity index (χ1n) is 11.6. The van der Waals surface area contributed by atoms with Crippen molar-refractivity contribution >= 4 is 23.3 Å². The number of piperazine rings is 1. The van der Waals surface area contributed by atoms with Crippen molar-refractivity contribution in [2.45, 2.75) is 44.1 Å². The molecule has 2 aliphatic heterocycles. The van der Waals surface area contributed by atoms with Crippen LogP contribution in [0.1, 0.15) is 36.6 Å². The fraction of sp³-hybridized carbons (Fsp3) is 0.440. The number of hydrogen-bond donors (Lipinski definition) is 1. The number of ether oxygens (including phenoxy) is 1. The highest BCUT2D eigenvalue weighted by atomic mass is 19.1. The Morgan fingerprint density at radius 2 is 2.09 bits per heavy atom. The maximum absolute atomic E-state index is 13.7. The molecule has 1 spiro atoms. The molecule has 34 heavy (non-hydrogen) atoms. The van der Waals surface area contributed by atoms with Crippen LogP contribution in [0.15, 0.2) is 36.7 Å². The first-order valence-corrected chi connectivity index (χ1v) is 11.6. The second kappa shape index (κ2) is 8.38. The zero-order chi connectivity index (χ0) is 24.0. The van der Waals surface area contributed by atoms with Crippen LogP contribution in [0.5, 0.6) is 6.01 Å². The van der Waals surface area contributed by atoms with E-state index in [-0.39, 0.29) is 18.0 Å². The van der Waals surface area contributed by atoms with Crippen LogP contribution >= 0.6 is 0 Å². The van der Waals surface area contributed by atoms with E-state index in [9.17, 15) is 14.0 Å². The smallest absolute Gasteiger partial charge is 0.318 e. The van der Waals surface area contributed by atoms with Crippen LogP contribution in [0.3, 0.4) is 0 Å². The lowest BCUT2D eigenvalue weighted by Crippen LogP contribution is -2.55. The Labute approximate surface area is 197 Å². The lowest BCUT2D eigenvalue weighted by molar-refractivity contribution is -0.129. The van der Waals surface area contributed by atoms with E-state index in [2.05, 4.69) is 34.0 Å². The Morgan fingerprint density at radius 1 is 1.29 bits per heavy atom. The van der Waals surface area contributed by atoms with Crippen molar-refractivity contribution in [3.63, 3.8) is 0 Å². The largest absolute Gasteiger partial charge is 0.467 e. The molecule has 1 aromatic carbocycles. The molecule has 1 unspecified atom stereocenters. The molecule has 1 aliphatic carbocycles. The van der Waals surface area contributed by atoms with Gasteiger partial charge in [-0.1, -0.05) is 30.8 Å². The van der Waals surface area contributed by atoms with Crippen molar-refractivity contribution in [2.75, 3.05) is 37.0 Å². The second-order valence-electron chi connectivity index (χ2n) is 9.28. The van der Waals surface area contributed by atoms with E-state index in [1.807, 2.05) is 24.0 Å². The summed E-state index contributed by atoms with van der Waals surface area (Å²) in [6.45, 7) is 6.12. The lowest BCUT2D eigenvalue weighted by atomic mass is 9.65. The fourth-order valence-corrected chi connectivity index (χ4v) is 5.59. The van der Waals surface area contributed by atoms with Crippen LogP contribution in [0.25, 0.3) is 0 Å². The number of halogens is 1. The number of hydrogen-bond acceptors (Lipinski definition) is 6. The van der Waals surface area contributed by atoms with Gasteiger partial charge in [0.2, 0.25) is 5.91 Å². The van der Waals surface area contributed by atoms with E-state index < -0.39 is 17.1 Å². The number of carbonyl (C=O) groups is 2. The summed E-state index contributed by atoms with van der Waals surface area (Å²) in [5.74, 6) is -1.14. The van der Waals surface area contributed by atoms with Crippen LogP contribution in [0.2, 0.25) is 0 Å². The molecule has 3 aliphatic rings. The monoisotopic (exact) mass is 465 g/mol. The van der Waals surface area contributed by atoms with Gasteiger partial charge in [-0.15, -0.1) is 0 Å². The normalized spacial score (nSPS) is 23.7. The van der Waals surface area contributed by atoms with Gasteiger partial charge in [0.15, 0.2) is 11.6 Å². The number of aromatic nitrogens is 2. The summed E-state index contributed by atoms with van der Waals surface area (Å²) in [5, 5.41) is 3.14. The molecule has 0 saturated carbocycles. The molecule has 178 valence electrons. The zero-order valence-corrected chi connectivity index (χ0v) is 19.4. The second-order valence-corrected chi connectivity index (χ2v) is 9.28. The Kier molecular flexibility index (Phi) is 5.50. The zero-order valence-electron chi connectivity index (χ0n) is 19.4. The summed E-state index contributed by atoms with van der Waals surface area (Å²) >= 11 is 0. The van der Waals surface area contributed by atoms with Crippen molar-refractivity contribution in [2.24, 2.45) is 0 Å². The van der Waals surface area contributed by atoms with Crippen molar-refractivity contribution in [3.8, 4) is 6.01 Å². The lowest BCUT2D eigenvalue weighted by Gasteiger charge is -2.44. The molecule has 5 rings (SSSR count). The molecule has 2 atom stereocenters. The van der Waals surface area contributed by atoms with Crippen LogP contribution in [-0.2, 0) is 27.8 Å². The number of carbonyl (C=O) groups excluding carboxylic acids is 2. The maximum Gasteiger partial charge on any atom is 0.318 e. The van der Waals surface area contributed by atoms with E-state index in [0.29, 0.717) is 37.6 Å². The van der Waals surface area contributed by atoms with Gasteiger partial charge < -0.3 is 19.9 Å². The van der Waals surface area contributed by atoms with Gasteiger partial charge >= 0.3 is 6.01 Å². The Balaban J connectivity index is 1.52. The quantitative estimate of drug-likeness (QED) is 0.702. The number of rotatable bonds is 3. The van der Waals surface area contributed by atoms with Gasteiger partial charge in [0, 0.05) is 32.1 Å². The predicted molar refractivity (Wildman–Crippen MR) is 126 cm³/mol. The number of benzene rings is 1. The SMILES string of the molecule is C=C(F)C(=O)N1CCN(c2nc(OC)nc3c2NC(=O)C2(CCCc4ccccc42)C3)[C@@H](C)C1. The van der Waals surface area contributed by atoms with E-state index in [1.165, 1.54) is 17.6 Å². The van der Waals surface area contributed by atoms with Crippen molar-refractivity contribution in [1.82, 2.24) is 14.9 Å². The van der Waals surface area contributed by atoms with Gasteiger partial charge in [-0.3, -0.25) is 9.59 Å². The highest BCUT2D eigenvalue weighted by Gasteiger charge is 2.48. The van der Waals surface area contributed by atoms with Crippen molar-refractivity contribution < 1.29 is 18.7 Å². The van der Waals surface area contributed by atoms with Crippen LogP contribution in [0, 0.1) is 0 Å². The minimum absolute atomic E-state index is 0.0441. The molecule has 1 fully saturated rings. The molecule has 1 saturated heterocycles. The van der Waals surface area contributed by atoms with Gasteiger partial charge in [-0.2, -0.15) is 9.97 Å². The maximum atomic E-state index is 13.7. The van der Waals surface area contributed by atoms with Gasteiger partial charge in [0.05, 0.1) is 18.2 Å². The molecular formula is C25H28FN5O3. The first-order chi connectivity index (χ1) is 16.3. The van der Waals surface area contributed by atoms with E-state index in [1.54, 1.807) is 0 Å². The molecule has 3 heterocycles. The highest BCUT2D eigenvalue weighted by molar-refractivity contribution is 6.04. The number of anilines is 2. The number of nitrogens with zero attached hydrogens (tertiary/aromatic N) is 4. The van der Waals surface area contributed by atoms with E-state index >= 15 is 0 Å². The van der Waals surface area contributed by atoms with Crippen LogP contribution in [-0.4, -0.2) is 59.5 Å². The van der Waals surface area contributed by atoms with E-state index in [4.69, 9.17) is 4.74 Å². The van der Waals surface area contributed by atoms with Gasteiger partial charge in [0.1, 0.15) is 5.69 Å². The molecular weight excluding hydrogens is 437 g/mol. The summed E-state index contributed by atoms with van der Waals surface area (Å²) in [6.07, 6.45) is 3.11. The van der Waals surface area contributed by atoms with E-state index in [0.717, 1.165) is 30.5 Å². The number of aryl methyl sites for hydroxylation is 1. The third kappa shape index (κ3) is 3.50. The molecule has 9 heteroatoms. The van der Waals surface area contributed by atoms with Gasteiger partial charge in [-0.05, 0) is 37.3 Å². The Hall–Kier alpha value is -3.49. The van der Waals surface area contributed by atoms with Gasteiger partial charge in [0.25, 0.3) is 5.91 Å². The summed E-state index contributed by atoms with van der Waals surface area (Å²) in [7, 11) is 1.52. The fourth-order valence-electron chi connectivity index (χ4n) is 5.59. The molecule has 1 N–H and O–H groups in total. The van der Waals surface area contributed by atoms with Gasteiger partial charge in [-0.25, -0.2) is 4.39 Å². The average molecular weight is 466 g/mol. The summed E-state index contributed by atoms with van der Waals surface area (Å²) in [6, 6.07) is 8.21.